The summed E-state index contributed by atoms with van der Waals surface area (Å²) in [7, 11) is 0. The number of hydrogen-bond acceptors (Lipinski definition) is 3. The highest BCUT2D eigenvalue weighted by Crippen LogP contribution is 2.24. The van der Waals surface area contributed by atoms with E-state index in [1.54, 1.807) is 10.8 Å². The molecule has 2 aromatic heterocycles. The Hall–Kier alpha value is -3.34. The van der Waals surface area contributed by atoms with Gasteiger partial charge in [-0.15, -0.1) is 0 Å². The molecule has 1 aliphatic heterocycles. The lowest BCUT2D eigenvalue weighted by molar-refractivity contribution is 0.305. The highest BCUT2D eigenvalue weighted by atomic mass is 16.5. The van der Waals surface area contributed by atoms with Crippen molar-refractivity contribution < 1.29 is 4.74 Å². The Morgan fingerprint density at radius 3 is 2.75 bits per heavy atom. The van der Waals surface area contributed by atoms with Gasteiger partial charge >= 0.3 is 0 Å². The van der Waals surface area contributed by atoms with Gasteiger partial charge in [0.15, 0.2) is 0 Å². The molecule has 0 N–H and O–H groups in total. The van der Waals surface area contributed by atoms with Gasteiger partial charge in [0, 0.05) is 25.2 Å². The Bertz CT molecular complexity index is 1190. The van der Waals surface area contributed by atoms with Crippen LogP contribution in [0.2, 0.25) is 0 Å². The molecule has 0 aliphatic carbocycles. The zero-order valence-corrected chi connectivity index (χ0v) is 15.5. The summed E-state index contributed by atoms with van der Waals surface area (Å²) in [6.07, 6.45) is 5.18. The van der Waals surface area contributed by atoms with Gasteiger partial charge < -0.3 is 9.30 Å². The van der Waals surface area contributed by atoms with E-state index in [9.17, 15) is 4.79 Å². The maximum Gasteiger partial charge on any atom is 0.258 e. The van der Waals surface area contributed by atoms with Crippen molar-refractivity contribution in [1.82, 2.24) is 14.1 Å². The minimum atomic E-state index is -0.117. The van der Waals surface area contributed by atoms with Crippen LogP contribution in [-0.2, 0) is 19.6 Å². The monoisotopic (exact) mass is 371 g/mol. The van der Waals surface area contributed by atoms with Crippen LogP contribution in [0.5, 0.6) is 5.75 Å². The van der Waals surface area contributed by atoms with Gasteiger partial charge in [0.25, 0.3) is 5.56 Å². The van der Waals surface area contributed by atoms with Crippen LogP contribution in [0.1, 0.15) is 24.2 Å². The minimum Gasteiger partial charge on any atom is -0.489 e. The second-order valence-electron chi connectivity index (χ2n) is 7.15. The van der Waals surface area contributed by atoms with E-state index in [0.29, 0.717) is 12.4 Å². The first-order valence-corrected chi connectivity index (χ1v) is 9.67. The maximum atomic E-state index is 12.6. The molecular formula is C23H21N3O2. The van der Waals surface area contributed by atoms with Gasteiger partial charge in [0.1, 0.15) is 18.2 Å². The Kier molecular flexibility index (Phi) is 4.20. The topological polar surface area (TPSA) is 49.1 Å². The van der Waals surface area contributed by atoms with Crippen LogP contribution in [0.25, 0.3) is 16.7 Å². The number of benzene rings is 2. The fraction of sp³-hybridized carbons (Fsp3) is 0.217. The number of aryl methyl sites for hydroxylation is 2. The van der Waals surface area contributed by atoms with Crippen molar-refractivity contribution in [2.45, 2.75) is 32.4 Å². The number of imidazole rings is 1. The fourth-order valence-corrected chi connectivity index (χ4v) is 3.82. The van der Waals surface area contributed by atoms with Gasteiger partial charge in [-0.25, -0.2) is 4.98 Å². The number of ether oxygens (including phenoxy) is 1. The van der Waals surface area contributed by atoms with Crippen LogP contribution in [0.4, 0.5) is 0 Å². The molecule has 0 amide bonds. The average molecular weight is 371 g/mol. The molecule has 0 atom stereocenters. The molecule has 0 saturated heterocycles. The van der Waals surface area contributed by atoms with Crippen molar-refractivity contribution in [3.8, 4) is 11.4 Å². The number of hydrogen-bond donors (Lipinski definition) is 0. The van der Waals surface area contributed by atoms with E-state index < -0.39 is 0 Å². The third-order valence-corrected chi connectivity index (χ3v) is 5.26. The van der Waals surface area contributed by atoms with Gasteiger partial charge in [0.2, 0.25) is 0 Å². The van der Waals surface area contributed by atoms with E-state index in [1.807, 2.05) is 48.5 Å². The molecule has 3 heterocycles. The SMILES string of the molecule is O=c1cc(OCc2ccccc2)ccn1-c1ccc2c(c1)nc1n2CCCC1. The van der Waals surface area contributed by atoms with Crippen LogP contribution in [0, 0.1) is 0 Å². The maximum absolute atomic E-state index is 12.6. The normalized spacial score (nSPS) is 13.4. The van der Waals surface area contributed by atoms with Crippen molar-refractivity contribution in [3.05, 3.63) is 88.6 Å². The van der Waals surface area contributed by atoms with Crippen molar-refractivity contribution in [2.24, 2.45) is 0 Å². The molecule has 0 spiro atoms. The van der Waals surface area contributed by atoms with Gasteiger partial charge in [-0.05, 0) is 42.7 Å². The molecule has 0 bridgehead atoms. The lowest BCUT2D eigenvalue weighted by Gasteiger charge is -2.14. The van der Waals surface area contributed by atoms with E-state index >= 15 is 0 Å². The molecule has 0 saturated carbocycles. The molecular weight excluding hydrogens is 350 g/mol. The standard InChI is InChI=1S/C23H21N3O2/c27-23-15-19(28-16-17-6-2-1-3-7-17)11-13-25(23)18-9-10-21-20(14-18)24-22-8-4-5-12-26(21)22/h1-3,6-7,9-11,13-15H,4-5,8,12,16H2. The molecule has 5 heteroatoms. The largest absolute Gasteiger partial charge is 0.489 e. The Morgan fingerprint density at radius 2 is 1.89 bits per heavy atom. The number of fused-ring (bicyclic) bond motifs is 3. The summed E-state index contributed by atoms with van der Waals surface area (Å²) < 4.78 is 9.69. The van der Waals surface area contributed by atoms with Gasteiger partial charge in [-0.1, -0.05) is 30.3 Å². The summed E-state index contributed by atoms with van der Waals surface area (Å²) in [5.41, 5.74) is 3.87. The third-order valence-electron chi connectivity index (χ3n) is 5.26. The van der Waals surface area contributed by atoms with E-state index in [-0.39, 0.29) is 5.56 Å². The Morgan fingerprint density at radius 1 is 1.00 bits per heavy atom. The molecule has 140 valence electrons. The Balaban J connectivity index is 1.42. The highest BCUT2D eigenvalue weighted by molar-refractivity contribution is 5.78. The molecule has 0 fully saturated rings. The minimum absolute atomic E-state index is 0.117. The molecule has 0 radical (unpaired) electrons. The molecule has 4 aromatic rings. The summed E-state index contributed by atoms with van der Waals surface area (Å²) in [4.78, 5) is 17.4. The van der Waals surface area contributed by atoms with E-state index in [0.717, 1.165) is 41.1 Å². The number of rotatable bonds is 4. The predicted molar refractivity (Wildman–Crippen MR) is 109 cm³/mol. The molecule has 5 rings (SSSR count). The summed E-state index contributed by atoms with van der Waals surface area (Å²) in [6.45, 7) is 1.47. The first kappa shape index (κ1) is 16.8. The molecule has 2 aromatic carbocycles. The fourth-order valence-electron chi connectivity index (χ4n) is 3.82. The van der Waals surface area contributed by atoms with E-state index in [1.165, 1.54) is 18.9 Å². The van der Waals surface area contributed by atoms with Crippen molar-refractivity contribution in [2.75, 3.05) is 0 Å². The molecule has 28 heavy (non-hydrogen) atoms. The van der Waals surface area contributed by atoms with Crippen LogP contribution < -0.4 is 10.3 Å². The van der Waals surface area contributed by atoms with Gasteiger partial charge in [0.05, 0.1) is 16.7 Å². The molecule has 5 nitrogen and oxygen atoms in total. The van der Waals surface area contributed by atoms with Crippen LogP contribution in [0.3, 0.4) is 0 Å². The predicted octanol–water partition coefficient (Wildman–Crippen LogP) is 4.10. The quantitative estimate of drug-likeness (QED) is 0.543. The van der Waals surface area contributed by atoms with Crippen molar-refractivity contribution in [3.63, 3.8) is 0 Å². The molecule has 1 aliphatic rings. The summed E-state index contributed by atoms with van der Waals surface area (Å²) in [5.74, 6) is 1.72. The highest BCUT2D eigenvalue weighted by Gasteiger charge is 2.15. The molecule has 0 unspecified atom stereocenters. The van der Waals surface area contributed by atoms with Gasteiger partial charge in [-0.2, -0.15) is 0 Å². The van der Waals surface area contributed by atoms with Crippen LogP contribution in [0.15, 0.2) is 71.7 Å². The zero-order chi connectivity index (χ0) is 18.9. The van der Waals surface area contributed by atoms with Crippen LogP contribution >= 0.6 is 0 Å². The lowest BCUT2D eigenvalue weighted by atomic mass is 10.1. The van der Waals surface area contributed by atoms with Crippen molar-refractivity contribution in [1.29, 1.82) is 0 Å². The first-order chi connectivity index (χ1) is 13.8. The smallest absolute Gasteiger partial charge is 0.258 e. The zero-order valence-electron chi connectivity index (χ0n) is 15.5. The summed E-state index contributed by atoms with van der Waals surface area (Å²) >= 11 is 0. The number of pyridine rings is 1. The summed E-state index contributed by atoms with van der Waals surface area (Å²) in [5, 5.41) is 0. The number of nitrogens with zero attached hydrogens (tertiary/aromatic N) is 3. The average Bonchev–Trinajstić information content (AvgIpc) is 3.11. The second kappa shape index (κ2) is 7.00. The third kappa shape index (κ3) is 3.09. The van der Waals surface area contributed by atoms with Crippen molar-refractivity contribution >= 4 is 11.0 Å². The van der Waals surface area contributed by atoms with Crippen LogP contribution in [-0.4, -0.2) is 14.1 Å². The van der Waals surface area contributed by atoms with E-state index in [4.69, 9.17) is 9.72 Å². The summed E-state index contributed by atoms with van der Waals surface area (Å²) in [6, 6.07) is 19.3. The lowest BCUT2D eigenvalue weighted by Crippen LogP contribution is -2.16. The Labute approximate surface area is 162 Å². The second-order valence-corrected chi connectivity index (χ2v) is 7.15. The van der Waals surface area contributed by atoms with E-state index in [2.05, 4.69) is 10.6 Å². The first-order valence-electron chi connectivity index (χ1n) is 9.67. The number of aromatic nitrogens is 3. The van der Waals surface area contributed by atoms with Gasteiger partial charge in [-0.3, -0.25) is 9.36 Å².